The molecule has 1 aromatic carbocycles. The van der Waals surface area contributed by atoms with Crippen molar-refractivity contribution in [3.63, 3.8) is 0 Å². The van der Waals surface area contributed by atoms with Crippen LogP contribution in [0.2, 0.25) is 0 Å². The van der Waals surface area contributed by atoms with Crippen LogP contribution in [0.4, 0.5) is 4.39 Å². The molecule has 0 bridgehead atoms. The Labute approximate surface area is 126 Å². The maximum absolute atomic E-state index is 14.5. The Morgan fingerprint density at radius 2 is 1.95 bits per heavy atom. The first-order chi connectivity index (χ1) is 10.1. The van der Waals surface area contributed by atoms with E-state index >= 15 is 0 Å². The predicted molar refractivity (Wildman–Crippen MR) is 84.1 cm³/mol. The lowest BCUT2D eigenvalue weighted by Crippen LogP contribution is -2.24. The largest absolute Gasteiger partial charge is 0.464 e. The van der Waals surface area contributed by atoms with Gasteiger partial charge in [-0.3, -0.25) is 0 Å². The molecule has 21 heavy (non-hydrogen) atoms. The Bertz CT molecular complexity index is 580. The number of nitrogens with one attached hydrogen (secondary N) is 1. The third kappa shape index (κ3) is 3.53. The van der Waals surface area contributed by atoms with Gasteiger partial charge in [0.1, 0.15) is 17.3 Å². The van der Waals surface area contributed by atoms with E-state index in [2.05, 4.69) is 19.2 Å². The number of hydrogen-bond donors (Lipinski definition) is 1. The Morgan fingerprint density at radius 3 is 2.52 bits per heavy atom. The summed E-state index contributed by atoms with van der Waals surface area (Å²) < 4.78 is 20.3. The van der Waals surface area contributed by atoms with Crippen molar-refractivity contribution in [2.24, 2.45) is 0 Å². The average Bonchev–Trinajstić information content (AvgIpc) is 2.90. The second kappa shape index (κ2) is 6.90. The number of halogens is 1. The molecule has 2 nitrogen and oxygen atoms in total. The lowest BCUT2D eigenvalue weighted by atomic mass is 9.96. The van der Waals surface area contributed by atoms with Crippen LogP contribution in [-0.4, -0.2) is 6.54 Å². The van der Waals surface area contributed by atoms with E-state index in [1.807, 2.05) is 32.0 Å². The molecular weight excluding hydrogens is 265 g/mol. The second-order valence-corrected chi connectivity index (χ2v) is 5.52. The first-order valence-electron chi connectivity index (χ1n) is 7.65. The summed E-state index contributed by atoms with van der Waals surface area (Å²) in [7, 11) is 0. The Hall–Kier alpha value is -1.61. The molecule has 1 unspecified atom stereocenters. The standard InChI is InChI=1S/C18H24FNO/c1-5-9-20-18(16-8-7-14(6-2)21-16)17-13(4)10-12(3)11-15(17)19/h7-8,10-11,18,20H,5-6,9H2,1-4H3. The van der Waals surface area contributed by atoms with E-state index in [9.17, 15) is 4.39 Å². The van der Waals surface area contributed by atoms with Crippen molar-refractivity contribution in [3.05, 3.63) is 58.3 Å². The van der Waals surface area contributed by atoms with E-state index in [-0.39, 0.29) is 11.9 Å². The molecule has 1 N–H and O–H groups in total. The number of hydrogen-bond acceptors (Lipinski definition) is 2. The van der Waals surface area contributed by atoms with E-state index in [4.69, 9.17) is 4.42 Å². The summed E-state index contributed by atoms with van der Waals surface area (Å²) in [6.45, 7) is 8.84. The van der Waals surface area contributed by atoms with Crippen LogP contribution < -0.4 is 5.32 Å². The summed E-state index contributed by atoms with van der Waals surface area (Å²) in [4.78, 5) is 0. The Kier molecular flexibility index (Phi) is 5.18. The van der Waals surface area contributed by atoms with Gasteiger partial charge in [0, 0.05) is 12.0 Å². The summed E-state index contributed by atoms with van der Waals surface area (Å²) in [5, 5.41) is 3.41. The molecule has 1 atom stereocenters. The van der Waals surface area contributed by atoms with Gasteiger partial charge in [0.05, 0.1) is 6.04 Å². The van der Waals surface area contributed by atoms with Gasteiger partial charge in [-0.15, -0.1) is 0 Å². The summed E-state index contributed by atoms with van der Waals surface area (Å²) in [5.74, 6) is 1.54. The molecule has 0 radical (unpaired) electrons. The molecule has 2 rings (SSSR count). The van der Waals surface area contributed by atoms with Crippen LogP contribution in [0.3, 0.4) is 0 Å². The van der Waals surface area contributed by atoms with Gasteiger partial charge in [0.15, 0.2) is 0 Å². The van der Waals surface area contributed by atoms with Crippen molar-refractivity contribution in [1.29, 1.82) is 0 Å². The van der Waals surface area contributed by atoms with Crippen LogP contribution in [0.1, 0.15) is 54.5 Å². The van der Waals surface area contributed by atoms with E-state index in [1.165, 1.54) is 0 Å². The van der Waals surface area contributed by atoms with E-state index in [1.54, 1.807) is 6.07 Å². The lowest BCUT2D eigenvalue weighted by molar-refractivity contribution is 0.413. The maximum Gasteiger partial charge on any atom is 0.128 e. The number of furan rings is 1. The average molecular weight is 289 g/mol. The normalized spacial score (nSPS) is 12.6. The monoisotopic (exact) mass is 289 g/mol. The van der Waals surface area contributed by atoms with Gasteiger partial charge in [-0.05, 0) is 56.1 Å². The molecule has 2 aromatic rings. The zero-order valence-corrected chi connectivity index (χ0v) is 13.3. The van der Waals surface area contributed by atoms with Crippen molar-refractivity contribution in [1.82, 2.24) is 5.32 Å². The summed E-state index contributed by atoms with van der Waals surface area (Å²) in [6.07, 6.45) is 1.83. The predicted octanol–water partition coefficient (Wildman–Crippen LogP) is 4.69. The minimum absolute atomic E-state index is 0.171. The SMILES string of the molecule is CCCNC(c1ccc(CC)o1)c1c(C)cc(C)cc1F. The third-order valence-electron chi connectivity index (χ3n) is 3.68. The second-order valence-electron chi connectivity index (χ2n) is 5.52. The van der Waals surface area contributed by atoms with Crippen LogP contribution in [0.25, 0.3) is 0 Å². The van der Waals surface area contributed by atoms with Gasteiger partial charge in [-0.1, -0.05) is 19.9 Å². The van der Waals surface area contributed by atoms with Gasteiger partial charge < -0.3 is 9.73 Å². The maximum atomic E-state index is 14.5. The van der Waals surface area contributed by atoms with Crippen molar-refractivity contribution < 1.29 is 8.81 Å². The first kappa shape index (κ1) is 15.8. The molecule has 1 aromatic heterocycles. The highest BCUT2D eigenvalue weighted by Gasteiger charge is 2.22. The van der Waals surface area contributed by atoms with Crippen LogP contribution in [-0.2, 0) is 6.42 Å². The minimum atomic E-state index is -0.231. The molecule has 1 heterocycles. The van der Waals surface area contributed by atoms with Crippen LogP contribution >= 0.6 is 0 Å². The highest BCUT2D eigenvalue weighted by molar-refractivity contribution is 5.38. The van der Waals surface area contributed by atoms with Gasteiger partial charge in [-0.2, -0.15) is 0 Å². The molecule has 0 aliphatic heterocycles. The molecule has 0 spiro atoms. The van der Waals surface area contributed by atoms with Gasteiger partial charge >= 0.3 is 0 Å². The molecule has 0 fully saturated rings. The molecule has 0 saturated heterocycles. The highest BCUT2D eigenvalue weighted by atomic mass is 19.1. The quantitative estimate of drug-likeness (QED) is 0.834. The molecular formula is C18H24FNO. The summed E-state index contributed by atoms with van der Waals surface area (Å²) in [5.41, 5.74) is 2.58. The molecule has 3 heteroatoms. The van der Waals surface area contributed by atoms with Gasteiger partial charge in [0.2, 0.25) is 0 Å². The fourth-order valence-corrected chi connectivity index (χ4v) is 2.67. The number of rotatable bonds is 6. The number of benzene rings is 1. The Balaban J connectivity index is 2.45. The summed E-state index contributed by atoms with van der Waals surface area (Å²) >= 11 is 0. The highest BCUT2D eigenvalue weighted by Crippen LogP contribution is 2.29. The molecule has 0 amide bonds. The number of aryl methyl sites for hydroxylation is 3. The molecule has 0 saturated carbocycles. The lowest BCUT2D eigenvalue weighted by Gasteiger charge is -2.20. The molecule has 0 aliphatic carbocycles. The van der Waals surface area contributed by atoms with E-state index in [0.29, 0.717) is 5.56 Å². The zero-order chi connectivity index (χ0) is 15.4. The molecule has 114 valence electrons. The Morgan fingerprint density at radius 1 is 1.19 bits per heavy atom. The van der Waals surface area contributed by atoms with E-state index in [0.717, 1.165) is 42.0 Å². The fraction of sp³-hybridized carbons (Fsp3) is 0.444. The minimum Gasteiger partial charge on any atom is -0.464 e. The van der Waals surface area contributed by atoms with Gasteiger partial charge in [0.25, 0.3) is 0 Å². The van der Waals surface area contributed by atoms with Crippen LogP contribution in [0.5, 0.6) is 0 Å². The third-order valence-corrected chi connectivity index (χ3v) is 3.68. The van der Waals surface area contributed by atoms with Crippen molar-refractivity contribution in [3.8, 4) is 0 Å². The fourth-order valence-electron chi connectivity index (χ4n) is 2.67. The van der Waals surface area contributed by atoms with Crippen molar-refractivity contribution >= 4 is 0 Å². The summed E-state index contributed by atoms with van der Waals surface area (Å²) in [6, 6.07) is 7.29. The van der Waals surface area contributed by atoms with Crippen LogP contribution in [0.15, 0.2) is 28.7 Å². The molecule has 0 aliphatic rings. The van der Waals surface area contributed by atoms with Crippen molar-refractivity contribution in [2.75, 3.05) is 6.54 Å². The zero-order valence-electron chi connectivity index (χ0n) is 13.3. The van der Waals surface area contributed by atoms with Crippen LogP contribution in [0, 0.1) is 19.7 Å². The van der Waals surface area contributed by atoms with Crippen molar-refractivity contribution in [2.45, 2.75) is 46.6 Å². The topological polar surface area (TPSA) is 25.2 Å². The van der Waals surface area contributed by atoms with E-state index < -0.39 is 0 Å². The smallest absolute Gasteiger partial charge is 0.128 e. The first-order valence-corrected chi connectivity index (χ1v) is 7.65. The van der Waals surface area contributed by atoms with Gasteiger partial charge in [-0.25, -0.2) is 4.39 Å².